The molecule has 1 fully saturated rings. The van der Waals surface area contributed by atoms with E-state index >= 15 is 0 Å². The number of rotatable bonds is 4. The third-order valence-electron chi connectivity index (χ3n) is 5.23. The van der Waals surface area contributed by atoms with Crippen molar-refractivity contribution in [2.75, 3.05) is 13.1 Å². The summed E-state index contributed by atoms with van der Waals surface area (Å²) in [4.78, 5) is 40.1. The number of amides is 4. The lowest BCUT2D eigenvalue weighted by Crippen LogP contribution is -2.47. The summed E-state index contributed by atoms with van der Waals surface area (Å²) in [6, 6.07) is 7.59. The number of carbonyl (C=O) groups excluding carboxylic acids is 3. The number of imide groups is 1. The van der Waals surface area contributed by atoms with E-state index in [1.165, 1.54) is 5.56 Å². The molecule has 0 radical (unpaired) electrons. The van der Waals surface area contributed by atoms with Crippen LogP contribution in [0.15, 0.2) is 24.3 Å². The van der Waals surface area contributed by atoms with E-state index < -0.39 is 11.6 Å². The largest absolute Gasteiger partial charge is 0.336 e. The Morgan fingerprint density at radius 3 is 2.46 bits per heavy atom. The van der Waals surface area contributed by atoms with E-state index in [1.54, 1.807) is 4.90 Å². The number of benzene rings is 1. The van der Waals surface area contributed by atoms with Crippen molar-refractivity contribution in [3.63, 3.8) is 0 Å². The van der Waals surface area contributed by atoms with E-state index in [1.807, 2.05) is 32.0 Å². The Labute approximate surface area is 141 Å². The van der Waals surface area contributed by atoms with Crippen LogP contribution in [-0.4, -0.2) is 46.3 Å². The van der Waals surface area contributed by atoms with Gasteiger partial charge in [0.15, 0.2) is 0 Å². The highest BCUT2D eigenvalue weighted by atomic mass is 16.2. The lowest BCUT2D eigenvalue weighted by Gasteiger charge is -2.30. The number of nitrogens with one attached hydrogen (secondary N) is 1. The summed E-state index contributed by atoms with van der Waals surface area (Å²) in [6.45, 7) is 4.70. The molecule has 2 heterocycles. The normalized spacial score (nSPS) is 19.2. The average molecular weight is 329 g/mol. The average Bonchev–Trinajstić information content (AvgIpc) is 2.85. The number of hydrogen-bond acceptors (Lipinski definition) is 3. The standard InChI is InChI=1S/C18H23N3O3/c1-3-18(4-2)16(23)21(17(24)19-18)12-15(22)20-10-9-13-7-5-6-8-14(13)11-20/h5-8H,3-4,9-12H2,1-2H3,(H,19,24). The van der Waals surface area contributed by atoms with Gasteiger partial charge in [0.2, 0.25) is 5.91 Å². The second-order valence-electron chi connectivity index (χ2n) is 6.44. The summed E-state index contributed by atoms with van der Waals surface area (Å²) >= 11 is 0. The number of fused-ring (bicyclic) bond motifs is 1. The van der Waals surface area contributed by atoms with Crippen LogP contribution >= 0.6 is 0 Å². The number of carbonyl (C=O) groups is 3. The van der Waals surface area contributed by atoms with Crippen LogP contribution in [0.3, 0.4) is 0 Å². The molecule has 2 aliphatic rings. The van der Waals surface area contributed by atoms with Gasteiger partial charge < -0.3 is 10.2 Å². The molecular weight excluding hydrogens is 306 g/mol. The smallest absolute Gasteiger partial charge is 0.325 e. The first-order valence-corrected chi connectivity index (χ1v) is 8.49. The molecular formula is C18H23N3O3. The summed E-state index contributed by atoms with van der Waals surface area (Å²) in [5, 5.41) is 2.76. The van der Waals surface area contributed by atoms with Gasteiger partial charge in [-0.05, 0) is 30.4 Å². The number of hydrogen-bond donors (Lipinski definition) is 1. The summed E-state index contributed by atoms with van der Waals surface area (Å²) in [5.74, 6) is -0.473. The molecule has 0 bridgehead atoms. The van der Waals surface area contributed by atoms with Crippen molar-refractivity contribution >= 4 is 17.8 Å². The molecule has 0 aromatic heterocycles. The Morgan fingerprint density at radius 2 is 1.83 bits per heavy atom. The molecule has 3 rings (SSSR count). The Hall–Kier alpha value is -2.37. The van der Waals surface area contributed by atoms with E-state index in [0.717, 1.165) is 16.9 Å². The Balaban J connectivity index is 1.70. The molecule has 6 heteroatoms. The Kier molecular flexibility index (Phi) is 4.30. The topological polar surface area (TPSA) is 69.7 Å². The van der Waals surface area contributed by atoms with Crippen LogP contribution in [-0.2, 0) is 22.6 Å². The van der Waals surface area contributed by atoms with E-state index in [4.69, 9.17) is 0 Å². The maximum atomic E-state index is 12.6. The molecule has 4 amide bonds. The molecule has 1 aromatic rings. The molecule has 0 spiro atoms. The summed E-state index contributed by atoms with van der Waals surface area (Å²) in [5.41, 5.74) is 1.53. The zero-order chi connectivity index (χ0) is 17.3. The molecule has 2 aliphatic heterocycles. The fourth-order valence-corrected chi connectivity index (χ4v) is 3.49. The predicted molar refractivity (Wildman–Crippen MR) is 89.1 cm³/mol. The number of urea groups is 1. The summed E-state index contributed by atoms with van der Waals surface area (Å²) in [6.07, 6.45) is 1.85. The van der Waals surface area contributed by atoms with Gasteiger partial charge in [-0.15, -0.1) is 0 Å². The van der Waals surface area contributed by atoms with E-state index in [2.05, 4.69) is 11.4 Å². The highest BCUT2D eigenvalue weighted by molar-refractivity contribution is 6.09. The van der Waals surface area contributed by atoms with Gasteiger partial charge in [-0.25, -0.2) is 4.79 Å². The van der Waals surface area contributed by atoms with Crippen LogP contribution in [0.2, 0.25) is 0 Å². The molecule has 1 saturated heterocycles. The monoisotopic (exact) mass is 329 g/mol. The molecule has 128 valence electrons. The van der Waals surface area contributed by atoms with Crippen molar-refractivity contribution in [1.82, 2.24) is 15.1 Å². The number of nitrogens with zero attached hydrogens (tertiary/aromatic N) is 2. The van der Waals surface area contributed by atoms with E-state index in [0.29, 0.717) is 25.9 Å². The summed E-state index contributed by atoms with van der Waals surface area (Å²) < 4.78 is 0. The van der Waals surface area contributed by atoms with Crippen LogP contribution in [0.25, 0.3) is 0 Å². The van der Waals surface area contributed by atoms with E-state index in [-0.39, 0.29) is 18.4 Å². The van der Waals surface area contributed by atoms with Crippen molar-refractivity contribution in [3.8, 4) is 0 Å². The third-order valence-corrected chi connectivity index (χ3v) is 5.23. The third kappa shape index (κ3) is 2.66. The van der Waals surface area contributed by atoms with Crippen LogP contribution in [0.5, 0.6) is 0 Å². The van der Waals surface area contributed by atoms with Crippen LogP contribution in [0.1, 0.15) is 37.8 Å². The quantitative estimate of drug-likeness (QED) is 0.855. The fourth-order valence-electron chi connectivity index (χ4n) is 3.49. The zero-order valence-corrected chi connectivity index (χ0v) is 14.2. The van der Waals surface area contributed by atoms with Crippen LogP contribution in [0, 0.1) is 0 Å². The first-order valence-electron chi connectivity index (χ1n) is 8.49. The molecule has 0 atom stereocenters. The lowest BCUT2D eigenvalue weighted by atomic mass is 9.93. The minimum atomic E-state index is -0.855. The maximum Gasteiger partial charge on any atom is 0.325 e. The zero-order valence-electron chi connectivity index (χ0n) is 14.2. The minimum absolute atomic E-state index is 0.184. The SMILES string of the molecule is CCC1(CC)NC(=O)N(CC(=O)N2CCc3ccccc3C2)C1=O. The Morgan fingerprint density at radius 1 is 1.17 bits per heavy atom. The van der Waals surface area contributed by atoms with Gasteiger partial charge in [-0.1, -0.05) is 38.1 Å². The van der Waals surface area contributed by atoms with Crippen molar-refractivity contribution in [3.05, 3.63) is 35.4 Å². The van der Waals surface area contributed by atoms with Gasteiger partial charge in [0.1, 0.15) is 12.1 Å². The second kappa shape index (κ2) is 6.26. The first-order chi connectivity index (χ1) is 11.5. The minimum Gasteiger partial charge on any atom is -0.336 e. The van der Waals surface area contributed by atoms with Gasteiger partial charge in [-0.2, -0.15) is 0 Å². The van der Waals surface area contributed by atoms with Gasteiger partial charge >= 0.3 is 6.03 Å². The summed E-state index contributed by atoms with van der Waals surface area (Å²) in [7, 11) is 0. The highest BCUT2D eigenvalue weighted by Gasteiger charge is 2.49. The molecule has 1 N–H and O–H groups in total. The van der Waals surface area contributed by atoms with Gasteiger partial charge in [0.05, 0.1) is 0 Å². The van der Waals surface area contributed by atoms with Crippen LogP contribution in [0.4, 0.5) is 4.79 Å². The highest BCUT2D eigenvalue weighted by Crippen LogP contribution is 2.25. The van der Waals surface area contributed by atoms with Crippen molar-refractivity contribution in [1.29, 1.82) is 0 Å². The van der Waals surface area contributed by atoms with Gasteiger partial charge in [0.25, 0.3) is 5.91 Å². The predicted octanol–water partition coefficient (Wildman–Crippen LogP) is 1.68. The van der Waals surface area contributed by atoms with Gasteiger partial charge in [0, 0.05) is 13.1 Å². The van der Waals surface area contributed by atoms with Crippen molar-refractivity contribution < 1.29 is 14.4 Å². The Bertz CT molecular complexity index is 682. The van der Waals surface area contributed by atoms with Crippen molar-refractivity contribution in [2.24, 2.45) is 0 Å². The first kappa shape index (κ1) is 16.5. The fraction of sp³-hybridized carbons (Fsp3) is 0.500. The lowest BCUT2D eigenvalue weighted by molar-refractivity contribution is -0.139. The molecule has 0 saturated carbocycles. The molecule has 24 heavy (non-hydrogen) atoms. The molecule has 0 unspecified atom stereocenters. The molecule has 6 nitrogen and oxygen atoms in total. The second-order valence-corrected chi connectivity index (χ2v) is 6.44. The van der Waals surface area contributed by atoms with Crippen molar-refractivity contribution in [2.45, 2.75) is 45.2 Å². The molecule has 1 aromatic carbocycles. The maximum absolute atomic E-state index is 12.6. The van der Waals surface area contributed by atoms with Crippen LogP contribution < -0.4 is 5.32 Å². The van der Waals surface area contributed by atoms with Gasteiger partial charge in [-0.3, -0.25) is 14.5 Å². The van der Waals surface area contributed by atoms with E-state index in [9.17, 15) is 14.4 Å². The molecule has 0 aliphatic carbocycles.